The Labute approximate surface area is 216 Å². The van der Waals surface area contributed by atoms with Crippen molar-refractivity contribution >= 4 is 28.9 Å². The van der Waals surface area contributed by atoms with Gasteiger partial charge in [0.05, 0.1) is 13.4 Å². The molecule has 0 aliphatic carbocycles. The number of carbonyl (C=O) groups excluding carboxylic acids is 2. The molecule has 10 nitrogen and oxygen atoms in total. The number of nitrogen functional groups attached to an aromatic ring is 1. The van der Waals surface area contributed by atoms with Gasteiger partial charge in [0, 0.05) is 12.8 Å². The van der Waals surface area contributed by atoms with E-state index >= 15 is 0 Å². The molecule has 4 atom stereocenters. The first kappa shape index (κ1) is 28.3. The molecule has 0 aromatic carbocycles. The van der Waals surface area contributed by atoms with E-state index in [0.717, 1.165) is 38.5 Å². The summed E-state index contributed by atoms with van der Waals surface area (Å²) in [4.78, 5) is 37.1. The lowest BCUT2D eigenvalue weighted by molar-refractivity contribution is -0.173. The van der Waals surface area contributed by atoms with E-state index in [2.05, 4.69) is 27.8 Å². The van der Waals surface area contributed by atoms with Crippen LogP contribution in [-0.4, -0.2) is 50.3 Å². The van der Waals surface area contributed by atoms with Crippen LogP contribution >= 0.6 is 0 Å². The maximum absolute atomic E-state index is 14.0. The van der Waals surface area contributed by atoms with Gasteiger partial charge < -0.3 is 19.9 Å². The molecule has 0 saturated carbocycles. The van der Waals surface area contributed by atoms with Gasteiger partial charge in [0.1, 0.15) is 18.2 Å². The van der Waals surface area contributed by atoms with Crippen molar-refractivity contribution in [1.82, 2.24) is 19.5 Å². The number of carbonyl (C=O) groups is 2. The number of unbranched alkanes of at least 4 members (excludes halogenated alkanes) is 5. The monoisotopic (exact) mass is 517 g/mol. The maximum Gasteiger partial charge on any atom is 0.312 e. The van der Waals surface area contributed by atoms with Crippen LogP contribution in [0.25, 0.3) is 11.2 Å². The lowest BCUT2D eigenvalue weighted by atomic mass is 9.80. The maximum atomic E-state index is 14.0. The Morgan fingerprint density at radius 1 is 1.27 bits per heavy atom. The van der Waals surface area contributed by atoms with Crippen LogP contribution in [0, 0.1) is 24.3 Å². The van der Waals surface area contributed by atoms with E-state index in [4.69, 9.17) is 26.4 Å². The van der Waals surface area contributed by atoms with E-state index in [1.165, 1.54) is 18.0 Å². The molecule has 3 heterocycles. The predicted molar refractivity (Wildman–Crippen MR) is 134 cm³/mol. The zero-order valence-corrected chi connectivity index (χ0v) is 21.7. The number of hydrogen-bond acceptors (Lipinski definition) is 9. The fourth-order valence-corrected chi connectivity index (χ4v) is 4.87. The lowest BCUT2D eigenvalue weighted by Gasteiger charge is -2.35. The Morgan fingerprint density at radius 2 is 2.00 bits per heavy atom. The number of hydrogen-bond donors (Lipinski definition) is 1. The molecule has 1 aliphatic heterocycles. The first-order valence-electron chi connectivity index (χ1n) is 12.9. The number of nitrogens with two attached hydrogens (primary N) is 1. The number of terminal acetylenes is 1. The third-order valence-electron chi connectivity index (χ3n) is 6.76. The Bertz CT molecular complexity index is 1130. The Morgan fingerprint density at radius 3 is 2.68 bits per heavy atom. The topological polar surface area (TPSA) is 131 Å². The average Bonchev–Trinajstić information content (AvgIpc) is 3.45. The minimum atomic E-state index is -1.60. The van der Waals surface area contributed by atoms with Crippen molar-refractivity contribution in [2.45, 2.75) is 96.0 Å². The molecule has 2 aromatic heterocycles. The molecule has 3 rings (SSSR count). The molecule has 2 N–H and O–H groups in total. The second-order valence-corrected chi connectivity index (χ2v) is 9.31. The highest BCUT2D eigenvalue weighted by atomic mass is 19.1. The third-order valence-corrected chi connectivity index (χ3v) is 6.76. The van der Waals surface area contributed by atoms with Gasteiger partial charge >= 0.3 is 18.0 Å². The number of esters is 2. The van der Waals surface area contributed by atoms with Crippen molar-refractivity contribution in [3.05, 3.63) is 12.4 Å². The number of imidazole rings is 1. The SMILES string of the molecule is C#C[C@@]1(C(CCCCCCCC)C(=O)OC)O[C@@H](n2cnc3c(N)nc(F)nc32)C[C@@H]1OC(=O)CCC. The number of nitrogens with zero attached hydrogens (tertiary/aromatic N) is 4. The second-order valence-electron chi connectivity index (χ2n) is 9.31. The summed E-state index contributed by atoms with van der Waals surface area (Å²) in [5.74, 6) is 0.647. The van der Waals surface area contributed by atoms with E-state index in [9.17, 15) is 14.0 Å². The average molecular weight is 518 g/mol. The summed E-state index contributed by atoms with van der Waals surface area (Å²) >= 11 is 0. The highest BCUT2D eigenvalue weighted by Gasteiger charge is 2.58. The number of halogens is 1. The van der Waals surface area contributed by atoms with Crippen LogP contribution in [0.1, 0.15) is 84.3 Å². The van der Waals surface area contributed by atoms with Crippen LogP contribution in [-0.2, 0) is 23.8 Å². The summed E-state index contributed by atoms with van der Waals surface area (Å²) in [5, 5.41) is 0. The molecule has 0 spiro atoms. The van der Waals surface area contributed by atoms with Gasteiger partial charge in [-0.25, -0.2) is 4.98 Å². The first-order chi connectivity index (χ1) is 17.8. The van der Waals surface area contributed by atoms with Crippen molar-refractivity contribution in [3.8, 4) is 12.3 Å². The molecule has 2 aromatic rings. The van der Waals surface area contributed by atoms with Crippen LogP contribution in [0.3, 0.4) is 0 Å². The molecular weight excluding hydrogens is 481 g/mol. The van der Waals surface area contributed by atoms with E-state index in [0.29, 0.717) is 12.8 Å². The molecule has 1 aliphatic rings. The fourth-order valence-electron chi connectivity index (χ4n) is 4.87. The summed E-state index contributed by atoms with van der Waals surface area (Å²) in [7, 11) is 1.29. The molecule has 37 heavy (non-hydrogen) atoms. The minimum absolute atomic E-state index is 0.0979. The molecular formula is C26H36FN5O5. The lowest BCUT2D eigenvalue weighted by Crippen LogP contribution is -2.50. The molecule has 202 valence electrons. The van der Waals surface area contributed by atoms with Gasteiger partial charge in [0.15, 0.2) is 22.6 Å². The van der Waals surface area contributed by atoms with Crippen LogP contribution in [0.4, 0.5) is 10.2 Å². The second kappa shape index (κ2) is 12.8. The van der Waals surface area contributed by atoms with Gasteiger partial charge in [0.2, 0.25) is 0 Å². The minimum Gasteiger partial charge on any atom is -0.469 e. The molecule has 0 bridgehead atoms. The summed E-state index contributed by atoms with van der Waals surface area (Å²) in [6.07, 6.45) is 11.9. The van der Waals surface area contributed by atoms with E-state index in [1.807, 2.05) is 6.92 Å². The van der Waals surface area contributed by atoms with Crippen molar-refractivity contribution in [2.75, 3.05) is 12.8 Å². The van der Waals surface area contributed by atoms with Crippen LogP contribution in [0.5, 0.6) is 0 Å². The largest absolute Gasteiger partial charge is 0.469 e. The Balaban J connectivity index is 1.96. The molecule has 11 heteroatoms. The number of anilines is 1. The normalized spacial score (nSPS) is 22.0. The van der Waals surface area contributed by atoms with Crippen LogP contribution < -0.4 is 5.73 Å². The number of fused-ring (bicyclic) bond motifs is 1. The van der Waals surface area contributed by atoms with Gasteiger partial charge in [-0.1, -0.05) is 58.3 Å². The van der Waals surface area contributed by atoms with Crippen molar-refractivity contribution in [2.24, 2.45) is 5.92 Å². The Hall–Kier alpha value is -3.26. The van der Waals surface area contributed by atoms with E-state index in [1.54, 1.807) is 0 Å². The smallest absolute Gasteiger partial charge is 0.312 e. The van der Waals surface area contributed by atoms with Crippen molar-refractivity contribution in [3.63, 3.8) is 0 Å². The molecule has 0 amide bonds. The molecule has 0 radical (unpaired) electrons. The summed E-state index contributed by atoms with van der Waals surface area (Å²) < 4.78 is 32.7. The zero-order chi connectivity index (χ0) is 27.0. The third kappa shape index (κ3) is 6.18. The molecule has 1 saturated heterocycles. The number of ether oxygens (including phenoxy) is 3. The highest BCUT2D eigenvalue weighted by molar-refractivity contribution is 5.81. The molecule has 1 unspecified atom stereocenters. The number of aromatic nitrogens is 4. The summed E-state index contributed by atoms with van der Waals surface area (Å²) in [5.41, 5.74) is 4.51. The number of methoxy groups -OCH3 is 1. The van der Waals surface area contributed by atoms with Crippen molar-refractivity contribution in [1.29, 1.82) is 0 Å². The van der Waals surface area contributed by atoms with Crippen molar-refractivity contribution < 1.29 is 28.2 Å². The zero-order valence-electron chi connectivity index (χ0n) is 21.7. The fraction of sp³-hybridized carbons (Fsp3) is 0.654. The number of rotatable bonds is 13. The van der Waals surface area contributed by atoms with Gasteiger partial charge in [-0.05, 0) is 12.8 Å². The van der Waals surface area contributed by atoms with Crippen LogP contribution in [0.15, 0.2) is 6.33 Å². The van der Waals surface area contributed by atoms with Gasteiger partial charge in [-0.2, -0.15) is 14.4 Å². The van der Waals surface area contributed by atoms with E-state index in [-0.39, 0.29) is 29.8 Å². The van der Waals surface area contributed by atoms with Gasteiger partial charge in [0.25, 0.3) is 0 Å². The molecule has 1 fully saturated rings. The van der Waals surface area contributed by atoms with Gasteiger partial charge in [-0.3, -0.25) is 14.2 Å². The van der Waals surface area contributed by atoms with Gasteiger partial charge in [-0.15, -0.1) is 6.42 Å². The predicted octanol–water partition coefficient (Wildman–Crippen LogP) is 4.09. The Kier molecular flexibility index (Phi) is 9.80. The summed E-state index contributed by atoms with van der Waals surface area (Å²) in [6.45, 7) is 4.01. The first-order valence-corrected chi connectivity index (χ1v) is 12.9. The van der Waals surface area contributed by atoms with Crippen LogP contribution in [0.2, 0.25) is 0 Å². The highest BCUT2D eigenvalue weighted by Crippen LogP contribution is 2.46. The van der Waals surface area contributed by atoms with E-state index < -0.39 is 41.9 Å². The quantitative estimate of drug-likeness (QED) is 0.181. The standard InChI is InChI=1S/C26H36FN5O5/c1-5-8-9-10-11-12-14-17(24(34)35-4)26(7-3)18(36-20(33)13-6-2)15-19(37-26)32-16-29-21-22(28)30-25(27)31-23(21)32/h3,16-19H,5-6,8-15H2,1-2,4H3,(H2,28,30,31)/t17?,18-,19+,26-/m0/s1. The summed E-state index contributed by atoms with van der Waals surface area (Å²) in [6, 6.07) is 0.